The van der Waals surface area contributed by atoms with E-state index in [0.29, 0.717) is 18.7 Å². The number of aliphatic hydroxyl groups excluding tert-OH is 1. The van der Waals surface area contributed by atoms with E-state index in [1.54, 1.807) is 15.8 Å². The lowest BCUT2D eigenvalue weighted by atomic mass is 10.1. The summed E-state index contributed by atoms with van der Waals surface area (Å²) in [6.07, 6.45) is 7.62. The largest absolute Gasteiger partial charge is 0.392 e. The first-order chi connectivity index (χ1) is 9.61. The minimum Gasteiger partial charge on any atom is -0.392 e. The molecule has 1 aromatic rings. The van der Waals surface area contributed by atoms with Crippen LogP contribution in [-0.2, 0) is 4.79 Å². The zero-order chi connectivity index (χ0) is 14.5. The first kappa shape index (κ1) is 14.3. The highest BCUT2D eigenvalue weighted by Crippen LogP contribution is 2.21. The molecule has 2 heterocycles. The molecule has 2 rings (SSSR count). The van der Waals surface area contributed by atoms with Crippen LogP contribution < -0.4 is 5.73 Å². The Morgan fingerprint density at radius 3 is 3.00 bits per heavy atom. The van der Waals surface area contributed by atoms with Gasteiger partial charge < -0.3 is 15.7 Å². The summed E-state index contributed by atoms with van der Waals surface area (Å²) in [6, 6.07) is 0.0447. The number of primary amides is 1. The highest BCUT2D eigenvalue weighted by Gasteiger charge is 2.24. The quantitative estimate of drug-likeness (QED) is 0.738. The van der Waals surface area contributed by atoms with E-state index in [-0.39, 0.29) is 18.6 Å². The van der Waals surface area contributed by atoms with Crippen molar-refractivity contribution in [2.75, 3.05) is 19.7 Å². The highest BCUT2D eigenvalue weighted by atomic mass is 16.2. The van der Waals surface area contributed by atoms with Gasteiger partial charge in [-0.25, -0.2) is 0 Å². The lowest BCUT2D eigenvalue weighted by Crippen LogP contribution is -2.40. The normalized spacial score (nSPS) is 19.4. The molecular weight excluding hydrogens is 260 g/mol. The average Bonchev–Trinajstić information content (AvgIpc) is 2.95. The van der Waals surface area contributed by atoms with Crippen molar-refractivity contribution < 1.29 is 14.7 Å². The van der Waals surface area contributed by atoms with Crippen molar-refractivity contribution in [1.82, 2.24) is 14.7 Å². The zero-order valence-corrected chi connectivity index (χ0v) is 11.1. The maximum atomic E-state index is 11.9. The standard InChI is InChI=1S/C13H18N4O3/c14-13(20)10-7-15-17(8-10)11-3-1-5-16(9-11)12(19)4-2-6-18/h2,4,7-8,11,18H,1,3,5-6,9H2,(H2,14,20)/b4-2+/t11-/m1/s1. The van der Waals surface area contributed by atoms with E-state index in [9.17, 15) is 9.59 Å². The molecule has 2 amide bonds. The fourth-order valence-electron chi connectivity index (χ4n) is 2.29. The van der Waals surface area contributed by atoms with Crippen LogP contribution in [-0.4, -0.2) is 51.3 Å². The molecule has 1 aliphatic heterocycles. The van der Waals surface area contributed by atoms with Crippen LogP contribution in [0.3, 0.4) is 0 Å². The second kappa shape index (κ2) is 6.33. The number of piperidine rings is 1. The molecule has 7 heteroatoms. The van der Waals surface area contributed by atoms with Crippen molar-refractivity contribution in [3.8, 4) is 0 Å². The van der Waals surface area contributed by atoms with Gasteiger partial charge >= 0.3 is 0 Å². The second-order valence-corrected chi connectivity index (χ2v) is 4.74. The van der Waals surface area contributed by atoms with Crippen molar-refractivity contribution in [2.45, 2.75) is 18.9 Å². The lowest BCUT2D eigenvalue weighted by molar-refractivity contribution is -0.127. The van der Waals surface area contributed by atoms with Gasteiger partial charge in [0, 0.05) is 25.4 Å². The van der Waals surface area contributed by atoms with Crippen LogP contribution in [0.25, 0.3) is 0 Å². The van der Waals surface area contributed by atoms with Gasteiger partial charge in [-0.05, 0) is 12.8 Å². The van der Waals surface area contributed by atoms with Crippen LogP contribution in [0, 0.1) is 0 Å². The maximum Gasteiger partial charge on any atom is 0.251 e. The summed E-state index contributed by atoms with van der Waals surface area (Å²) in [7, 11) is 0. The fraction of sp³-hybridized carbons (Fsp3) is 0.462. The molecular formula is C13H18N4O3. The molecule has 1 fully saturated rings. The second-order valence-electron chi connectivity index (χ2n) is 4.74. The molecule has 0 bridgehead atoms. The number of amides is 2. The first-order valence-electron chi connectivity index (χ1n) is 6.52. The van der Waals surface area contributed by atoms with Gasteiger partial charge in [-0.1, -0.05) is 6.08 Å². The number of nitrogens with zero attached hydrogens (tertiary/aromatic N) is 3. The molecule has 0 saturated carbocycles. The van der Waals surface area contributed by atoms with E-state index in [0.717, 1.165) is 12.8 Å². The van der Waals surface area contributed by atoms with Gasteiger partial charge in [-0.3, -0.25) is 14.3 Å². The summed E-state index contributed by atoms with van der Waals surface area (Å²) in [5.41, 5.74) is 5.57. The van der Waals surface area contributed by atoms with Crippen LogP contribution in [0.5, 0.6) is 0 Å². The first-order valence-corrected chi connectivity index (χ1v) is 6.52. The van der Waals surface area contributed by atoms with Crippen molar-refractivity contribution >= 4 is 11.8 Å². The number of nitrogens with two attached hydrogens (primary N) is 1. The summed E-state index contributed by atoms with van der Waals surface area (Å²) in [5, 5.41) is 12.8. The van der Waals surface area contributed by atoms with Gasteiger partial charge in [-0.15, -0.1) is 0 Å². The average molecular weight is 278 g/mol. The van der Waals surface area contributed by atoms with Crippen molar-refractivity contribution in [3.63, 3.8) is 0 Å². The Morgan fingerprint density at radius 2 is 2.35 bits per heavy atom. The van der Waals surface area contributed by atoms with Crippen molar-refractivity contribution in [1.29, 1.82) is 0 Å². The van der Waals surface area contributed by atoms with Crippen LogP contribution in [0.2, 0.25) is 0 Å². The molecule has 20 heavy (non-hydrogen) atoms. The molecule has 108 valence electrons. The number of carbonyl (C=O) groups is 2. The molecule has 0 aromatic carbocycles. The molecule has 0 radical (unpaired) electrons. The van der Waals surface area contributed by atoms with Gasteiger partial charge in [0.05, 0.1) is 24.4 Å². The van der Waals surface area contributed by atoms with Gasteiger partial charge in [-0.2, -0.15) is 5.10 Å². The van der Waals surface area contributed by atoms with E-state index in [1.807, 2.05) is 0 Å². The summed E-state index contributed by atoms with van der Waals surface area (Å²) < 4.78 is 1.69. The molecule has 1 saturated heterocycles. The van der Waals surface area contributed by atoms with E-state index in [1.165, 1.54) is 18.3 Å². The monoisotopic (exact) mass is 278 g/mol. The van der Waals surface area contributed by atoms with Crippen LogP contribution in [0.1, 0.15) is 29.2 Å². The number of likely N-dealkylation sites (tertiary alicyclic amines) is 1. The summed E-state index contributed by atoms with van der Waals surface area (Å²) in [5.74, 6) is -0.628. The van der Waals surface area contributed by atoms with Crippen LogP contribution in [0.15, 0.2) is 24.5 Å². The topological polar surface area (TPSA) is 101 Å². The molecule has 0 spiro atoms. The number of aliphatic hydroxyl groups is 1. The van der Waals surface area contributed by atoms with Gasteiger partial charge in [0.1, 0.15) is 0 Å². The van der Waals surface area contributed by atoms with E-state index in [4.69, 9.17) is 10.8 Å². The predicted molar refractivity (Wildman–Crippen MR) is 71.8 cm³/mol. The predicted octanol–water partition coefficient (Wildman–Crippen LogP) is -0.306. The third-order valence-corrected chi connectivity index (χ3v) is 3.33. The van der Waals surface area contributed by atoms with Gasteiger partial charge in [0.2, 0.25) is 5.91 Å². The molecule has 0 aliphatic carbocycles. The third kappa shape index (κ3) is 3.24. The summed E-state index contributed by atoms with van der Waals surface area (Å²) in [6.45, 7) is 1.08. The molecule has 0 unspecified atom stereocenters. The zero-order valence-electron chi connectivity index (χ0n) is 11.1. The Labute approximate surface area is 116 Å². The lowest BCUT2D eigenvalue weighted by Gasteiger charge is -2.32. The summed E-state index contributed by atoms with van der Waals surface area (Å²) in [4.78, 5) is 24.6. The number of carbonyl (C=O) groups excluding carboxylic acids is 2. The Morgan fingerprint density at radius 1 is 1.55 bits per heavy atom. The number of aromatic nitrogens is 2. The summed E-state index contributed by atoms with van der Waals surface area (Å²) >= 11 is 0. The van der Waals surface area contributed by atoms with Gasteiger partial charge in [0.25, 0.3) is 5.91 Å². The Balaban J connectivity index is 2.04. The van der Waals surface area contributed by atoms with Crippen LogP contribution >= 0.6 is 0 Å². The van der Waals surface area contributed by atoms with Crippen LogP contribution in [0.4, 0.5) is 0 Å². The number of hydrogen-bond donors (Lipinski definition) is 2. The fourth-order valence-corrected chi connectivity index (χ4v) is 2.29. The third-order valence-electron chi connectivity index (χ3n) is 3.33. The molecule has 3 N–H and O–H groups in total. The van der Waals surface area contributed by atoms with Gasteiger partial charge in [0.15, 0.2) is 0 Å². The van der Waals surface area contributed by atoms with E-state index >= 15 is 0 Å². The number of rotatable bonds is 4. The van der Waals surface area contributed by atoms with E-state index < -0.39 is 5.91 Å². The Bertz CT molecular complexity index is 523. The Kier molecular flexibility index (Phi) is 4.52. The number of hydrogen-bond acceptors (Lipinski definition) is 4. The molecule has 1 aromatic heterocycles. The van der Waals surface area contributed by atoms with Crippen molar-refractivity contribution in [3.05, 3.63) is 30.1 Å². The Hall–Kier alpha value is -2.15. The SMILES string of the molecule is NC(=O)c1cnn([C@@H]2CCCN(C(=O)/C=C/CO)C2)c1. The van der Waals surface area contributed by atoms with E-state index in [2.05, 4.69) is 5.10 Å². The minimum absolute atomic E-state index is 0.0447. The smallest absolute Gasteiger partial charge is 0.251 e. The maximum absolute atomic E-state index is 11.9. The molecule has 7 nitrogen and oxygen atoms in total. The molecule has 1 atom stereocenters. The van der Waals surface area contributed by atoms with Crippen molar-refractivity contribution in [2.24, 2.45) is 5.73 Å². The molecule has 1 aliphatic rings. The highest BCUT2D eigenvalue weighted by molar-refractivity contribution is 5.92. The minimum atomic E-state index is -0.508.